The SMILES string of the molecule is Cc1ccc(NC(=O)Cn2cnc3sc4c(c3c2=O)CCC4)c([N+](=O)[O-])c1. The fourth-order valence-electron chi connectivity index (χ4n) is 3.38. The third-order valence-electron chi connectivity index (χ3n) is 4.63. The molecule has 2 heterocycles. The highest BCUT2D eigenvalue weighted by molar-refractivity contribution is 7.18. The first-order valence-electron chi connectivity index (χ1n) is 8.48. The van der Waals surface area contributed by atoms with Crippen LogP contribution in [0.5, 0.6) is 0 Å². The Kier molecular flexibility index (Phi) is 4.23. The maximum atomic E-state index is 12.8. The van der Waals surface area contributed by atoms with Crippen LogP contribution in [-0.4, -0.2) is 20.4 Å². The predicted molar refractivity (Wildman–Crippen MR) is 102 cm³/mol. The molecule has 0 spiro atoms. The monoisotopic (exact) mass is 384 g/mol. The van der Waals surface area contributed by atoms with Gasteiger partial charge in [0.15, 0.2) is 0 Å². The number of anilines is 1. The number of hydrogen-bond donors (Lipinski definition) is 1. The van der Waals surface area contributed by atoms with E-state index in [1.54, 1.807) is 13.0 Å². The van der Waals surface area contributed by atoms with Gasteiger partial charge in [0.25, 0.3) is 11.2 Å². The van der Waals surface area contributed by atoms with Gasteiger partial charge in [-0.15, -0.1) is 11.3 Å². The molecule has 1 aliphatic rings. The molecule has 9 heteroatoms. The van der Waals surface area contributed by atoms with Gasteiger partial charge in [0.1, 0.15) is 17.1 Å². The number of amides is 1. The summed E-state index contributed by atoms with van der Waals surface area (Å²) in [7, 11) is 0. The van der Waals surface area contributed by atoms with Crippen LogP contribution >= 0.6 is 11.3 Å². The van der Waals surface area contributed by atoms with Gasteiger partial charge in [0.2, 0.25) is 5.91 Å². The van der Waals surface area contributed by atoms with Gasteiger partial charge in [-0.2, -0.15) is 0 Å². The smallest absolute Gasteiger partial charge is 0.293 e. The normalized spacial score (nSPS) is 12.9. The average Bonchev–Trinajstić information content (AvgIpc) is 3.19. The summed E-state index contributed by atoms with van der Waals surface area (Å²) < 4.78 is 1.25. The summed E-state index contributed by atoms with van der Waals surface area (Å²) in [5.74, 6) is -0.517. The minimum atomic E-state index is -0.545. The number of nitrogens with zero attached hydrogens (tertiary/aromatic N) is 3. The number of nitro groups is 1. The highest BCUT2D eigenvalue weighted by atomic mass is 32.1. The summed E-state index contributed by atoms with van der Waals surface area (Å²) in [6.07, 6.45) is 4.22. The lowest BCUT2D eigenvalue weighted by Gasteiger charge is -2.08. The summed E-state index contributed by atoms with van der Waals surface area (Å²) in [6.45, 7) is 1.48. The largest absolute Gasteiger partial charge is 0.319 e. The van der Waals surface area contributed by atoms with Gasteiger partial charge in [0.05, 0.1) is 16.6 Å². The number of aromatic nitrogens is 2. The molecule has 0 fully saturated rings. The number of fused-ring (bicyclic) bond motifs is 3. The Hall–Kier alpha value is -3.07. The second kappa shape index (κ2) is 6.58. The van der Waals surface area contributed by atoms with Crippen molar-refractivity contribution in [2.75, 3.05) is 5.32 Å². The van der Waals surface area contributed by atoms with Gasteiger partial charge in [-0.1, -0.05) is 6.07 Å². The molecule has 4 rings (SSSR count). The van der Waals surface area contributed by atoms with Gasteiger partial charge in [-0.05, 0) is 43.4 Å². The number of thiophene rings is 1. The van der Waals surface area contributed by atoms with E-state index < -0.39 is 10.8 Å². The Bertz CT molecular complexity index is 1150. The first-order chi connectivity index (χ1) is 12.9. The van der Waals surface area contributed by atoms with E-state index in [1.165, 1.54) is 39.2 Å². The van der Waals surface area contributed by atoms with Crippen molar-refractivity contribution >= 4 is 38.8 Å². The number of carbonyl (C=O) groups is 1. The summed E-state index contributed by atoms with van der Waals surface area (Å²) in [5.41, 5.74) is 1.45. The average molecular weight is 384 g/mol. The number of nitrogens with one attached hydrogen (secondary N) is 1. The van der Waals surface area contributed by atoms with Crippen LogP contribution in [0.3, 0.4) is 0 Å². The maximum absolute atomic E-state index is 12.8. The van der Waals surface area contributed by atoms with Gasteiger partial charge in [-0.25, -0.2) is 4.98 Å². The highest BCUT2D eigenvalue weighted by Gasteiger charge is 2.22. The zero-order valence-corrected chi connectivity index (χ0v) is 15.3. The lowest BCUT2D eigenvalue weighted by Crippen LogP contribution is -2.28. The van der Waals surface area contributed by atoms with Crippen molar-refractivity contribution in [2.45, 2.75) is 32.7 Å². The molecule has 138 valence electrons. The highest BCUT2D eigenvalue weighted by Crippen LogP contribution is 2.34. The van der Waals surface area contributed by atoms with Gasteiger partial charge in [0, 0.05) is 10.9 Å². The van der Waals surface area contributed by atoms with Crippen molar-refractivity contribution in [1.29, 1.82) is 0 Å². The van der Waals surface area contributed by atoms with E-state index in [0.717, 1.165) is 30.4 Å². The van der Waals surface area contributed by atoms with Crippen molar-refractivity contribution in [3.63, 3.8) is 0 Å². The molecule has 3 aromatic rings. The van der Waals surface area contributed by atoms with E-state index in [4.69, 9.17) is 0 Å². The molecule has 1 amide bonds. The molecule has 0 atom stereocenters. The standard InChI is InChI=1S/C18H16N4O4S/c1-10-5-6-12(13(7-10)22(25)26)20-15(23)8-21-9-19-17-16(18(21)24)11-3-2-4-14(11)27-17/h5-7,9H,2-4,8H2,1H3,(H,20,23). The zero-order valence-electron chi connectivity index (χ0n) is 14.5. The molecule has 1 N–H and O–H groups in total. The molecule has 0 saturated carbocycles. The fraction of sp³-hybridized carbons (Fsp3) is 0.278. The fourth-order valence-corrected chi connectivity index (χ4v) is 4.59. The minimum absolute atomic E-state index is 0.106. The number of benzene rings is 1. The summed E-state index contributed by atoms with van der Waals surface area (Å²) in [6, 6.07) is 4.56. The van der Waals surface area contributed by atoms with Crippen molar-refractivity contribution < 1.29 is 9.72 Å². The first-order valence-corrected chi connectivity index (χ1v) is 9.30. The molecule has 0 unspecified atom stereocenters. The Labute approximate surface area is 157 Å². The number of carbonyl (C=O) groups excluding carboxylic acids is 1. The van der Waals surface area contributed by atoms with Crippen LogP contribution in [-0.2, 0) is 24.2 Å². The van der Waals surface area contributed by atoms with E-state index in [-0.39, 0.29) is 23.5 Å². The lowest BCUT2D eigenvalue weighted by atomic mass is 10.2. The Morgan fingerprint density at radius 2 is 2.22 bits per heavy atom. The molecular weight excluding hydrogens is 368 g/mol. The number of nitro benzene ring substituents is 1. The van der Waals surface area contributed by atoms with E-state index in [2.05, 4.69) is 10.3 Å². The molecule has 0 radical (unpaired) electrons. The quantitative estimate of drug-likeness (QED) is 0.550. The molecule has 0 saturated heterocycles. The van der Waals surface area contributed by atoms with Gasteiger partial charge >= 0.3 is 0 Å². The van der Waals surface area contributed by atoms with Crippen molar-refractivity contribution in [2.24, 2.45) is 0 Å². The minimum Gasteiger partial charge on any atom is -0.319 e. The third kappa shape index (κ3) is 3.10. The summed E-state index contributed by atoms with van der Waals surface area (Å²) in [5, 5.41) is 14.3. The third-order valence-corrected chi connectivity index (χ3v) is 5.83. The van der Waals surface area contributed by atoms with E-state index in [9.17, 15) is 19.7 Å². The molecular formula is C18H16N4O4S. The molecule has 27 heavy (non-hydrogen) atoms. The number of hydrogen-bond acceptors (Lipinski definition) is 6. The predicted octanol–water partition coefficient (Wildman–Crippen LogP) is 2.80. The van der Waals surface area contributed by atoms with Crippen molar-refractivity contribution in [3.05, 3.63) is 61.0 Å². The summed E-state index contributed by atoms with van der Waals surface area (Å²) in [4.78, 5) is 42.0. The van der Waals surface area contributed by atoms with Crippen LogP contribution in [0.25, 0.3) is 10.2 Å². The zero-order chi connectivity index (χ0) is 19.1. The van der Waals surface area contributed by atoms with Gasteiger partial charge in [-0.3, -0.25) is 24.3 Å². The lowest BCUT2D eigenvalue weighted by molar-refractivity contribution is -0.384. The van der Waals surface area contributed by atoms with E-state index in [0.29, 0.717) is 10.2 Å². The Balaban J connectivity index is 1.62. The maximum Gasteiger partial charge on any atom is 0.293 e. The molecule has 1 aliphatic carbocycles. The van der Waals surface area contributed by atoms with Gasteiger partial charge < -0.3 is 5.32 Å². The molecule has 0 bridgehead atoms. The van der Waals surface area contributed by atoms with Crippen LogP contribution in [0.15, 0.2) is 29.3 Å². The first kappa shape index (κ1) is 17.3. The van der Waals surface area contributed by atoms with Crippen molar-refractivity contribution in [3.8, 4) is 0 Å². The Morgan fingerprint density at radius 1 is 1.41 bits per heavy atom. The van der Waals surface area contributed by atoms with E-state index >= 15 is 0 Å². The Morgan fingerprint density at radius 3 is 3.00 bits per heavy atom. The van der Waals surface area contributed by atoms with Crippen LogP contribution < -0.4 is 10.9 Å². The molecule has 0 aliphatic heterocycles. The van der Waals surface area contributed by atoms with Crippen LogP contribution in [0.2, 0.25) is 0 Å². The second-order valence-electron chi connectivity index (χ2n) is 6.54. The molecule has 2 aromatic heterocycles. The number of rotatable bonds is 4. The van der Waals surface area contributed by atoms with Crippen molar-refractivity contribution in [1.82, 2.24) is 9.55 Å². The molecule has 8 nitrogen and oxygen atoms in total. The summed E-state index contributed by atoms with van der Waals surface area (Å²) >= 11 is 1.54. The number of aryl methyl sites for hydroxylation is 3. The van der Waals surface area contributed by atoms with E-state index in [1.807, 2.05) is 0 Å². The van der Waals surface area contributed by atoms with Crippen LogP contribution in [0, 0.1) is 17.0 Å². The van der Waals surface area contributed by atoms with Crippen LogP contribution in [0.1, 0.15) is 22.4 Å². The topological polar surface area (TPSA) is 107 Å². The molecule has 1 aromatic carbocycles. The second-order valence-corrected chi connectivity index (χ2v) is 7.62. The van der Waals surface area contributed by atoms with Crippen LogP contribution in [0.4, 0.5) is 11.4 Å².